The molecule has 4 rings (SSSR count). The molecule has 18 heteroatoms. The molecular weight excluding hydrogens is 1100 g/mol. The molecule has 1 aromatic heterocycles. The summed E-state index contributed by atoms with van der Waals surface area (Å²) in [6.07, 6.45) is 4.30. The smallest absolute Gasteiger partial charge is 0.342 e. The fourth-order valence-electron chi connectivity index (χ4n) is 12.2. The third-order valence-electron chi connectivity index (χ3n) is 16.9. The van der Waals surface area contributed by atoms with Crippen LogP contribution in [0.15, 0.2) is 34.0 Å². The number of hydrogen-bond donors (Lipinski definition) is 4. The molecule has 1 aromatic rings. The fraction of sp³-hybridized carbons (Fsp3) is 0.746. The van der Waals surface area contributed by atoms with Crippen LogP contribution >= 0.6 is 11.8 Å². The average Bonchev–Trinajstić information content (AvgIpc) is 1.89. The van der Waals surface area contributed by atoms with Crippen molar-refractivity contribution in [3.63, 3.8) is 0 Å². The normalized spacial score (nSPS) is 23.4. The number of amidine groups is 1. The van der Waals surface area contributed by atoms with Gasteiger partial charge in [0, 0.05) is 73.0 Å². The SMILES string of the molecule is C=C(C)C(=O)OCCSC(C)C(=O)Nc1[nH]c(C=C2N=C(NC(=O)C(C)(C)C)C(C(=O)OC3C(C(C)(C)C)CC(COCC(=O)O)CC3C(C)(C)C)=C2C(C)C)c(C(C)C)c1C(=O)OC1C(C(C)(C)C)CC(COCCCOC)CC1C(C)(C)C. The van der Waals surface area contributed by atoms with Gasteiger partial charge in [-0.05, 0) is 108 Å². The van der Waals surface area contributed by atoms with Crippen LogP contribution < -0.4 is 10.6 Å². The highest BCUT2D eigenvalue weighted by atomic mass is 32.2. The minimum atomic E-state index is -1.04. The Bertz CT molecular complexity index is 2580. The van der Waals surface area contributed by atoms with Crippen molar-refractivity contribution < 1.29 is 62.3 Å². The number of methoxy groups -OCH3 is 1. The van der Waals surface area contributed by atoms with Gasteiger partial charge in [-0.15, -0.1) is 11.8 Å². The molecule has 2 heterocycles. The van der Waals surface area contributed by atoms with Gasteiger partial charge < -0.3 is 49.1 Å². The van der Waals surface area contributed by atoms with Crippen LogP contribution in [0.4, 0.5) is 5.82 Å². The molecule has 17 nitrogen and oxygen atoms in total. The Morgan fingerprint density at radius 2 is 1.20 bits per heavy atom. The van der Waals surface area contributed by atoms with Gasteiger partial charge in [-0.25, -0.2) is 24.2 Å². The Balaban J connectivity index is 1.98. The third kappa shape index (κ3) is 20.1. The molecule has 2 fully saturated rings. The second-order valence-electron chi connectivity index (χ2n) is 30.0. The lowest BCUT2D eigenvalue weighted by atomic mass is 9.58. The van der Waals surface area contributed by atoms with E-state index in [4.69, 9.17) is 33.4 Å². The number of carbonyl (C=O) groups excluding carboxylic acids is 5. The van der Waals surface area contributed by atoms with E-state index in [0.29, 0.717) is 60.9 Å². The van der Waals surface area contributed by atoms with Gasteiger partial charge in [0.05, 0.1) is 17.6 Å². The van der Waals surface area contributed by atoms with E-state index in [9.17, 15) is 24.3 Å². The van der Waals surface area contributed by atoms with Crippen LogP contribution in [0.1, 0.15) is 205 Å². The van der Waals surface area contributed by atoms with Crippen molar-refractivity contribution in [2.45, 2.75) is 201 Å². The van der Waals surface area contributed by atoms with Crippen LogP contribution in [-0.2, 0) is 52.4 Å². The predicted molar refractivity (Wildman–Crippen MR) is 338 cm³/mol. The van der Waals surface area contributed by atoms with Crippen molar-refractivity contribution in [3.8, 4) is 0 Å². The summed E-state index contributed by atoms with van der Waals surface area (Å²) in [6, 6.07) is 0. The molecule has 5 unspecified atom stereocenters. The molecule has 0 aromatic carbocycles. The van der Waals surface area contributed by atoms with E-state index >= 15 is 9.59 Å². The first-order valence-corrected chi connectivity index (χ1v) is 31.8. The molecule has 2 saturated carbocycles. The lowest BCUT2D eigenvalue weighted by Gasteiger charge is -2.50. The van der Waals surface area contributed by atoms with Gasteiger partial charge in [0.2, 0.25) is 11.8 Å². The number of carboxylic acids is 1. The van der Waals surface area contributed by atoms with E-state index in [0.717, 1.165) is 19.3 Å². The maximum atomic E-state index is 15.7. The highest BCUT2D eigenvalue weighted by molar-refractivity contribution is 8.00. The van der Waals surface area contributed by atoms with Crippen LogP contribution in [0.3, 0.4) is 0 Å². The van der Waals surface area contributed by atoms with E-state index in [1.165, 1.54) is 11.8 Å². The van der Waals surface area contributed by atoms with Crippen molar-refractivity contribution in [1.82, 2.24) is 10.3 Å². The predicted octanol–water partition coefficient (Wildman–Crippen LogP) is 13.2. The number of rotatable bonds is 24. The Kier molecular flexibility index (Phi) is 25.6. The van der Waals surface area contributed by atoms with Gasteiger partial charge in [-0.2, -0.15) is 0 Å². The van der Waals surface area contributed by atoms with Crippen LogP contribution in [-0.4, -0.2) is 122 Å². The van der Waals surface area contributed by atoms with Crippen molar-refractivity contribution in [1.29, 1.82) is 0 Å². The minimum Gasteiger partial charge on any atom is -0.480 e. The molecule has 2 amide bonds. The number of amides is 2. The van der Waals surface area contributed by atoms with E-state index in [2.05, 4.69) is 105 Å². The number of hydrogen-bond acceptors (Lipinski definition) is 14. The van der Waals surface area contributed by atoms with Crippen molar-refractivity contribution in [2.24, 2.45) is 73.5 Å². The Morgan fingerprint density at radius 3 is 1.64 bits per heavy atom. The van der Waals surface area contributed by atoms with Crippen LogP contribution in [0.2, 0.25) is 0 Å². The van der Waals surface area contributed by atoms with Crippen LogP contribution in [0.5, 0.6) is 0 Å². The van der Waals surface area contributed by atoms with E-state index < -0.39 is 59.3 Å². The molecule has 0 saturated heterocycles. The first-order chi connectivity index (χ1) is 39.1. The number of nitrogens with zero attached hydrogens (tertiary/aromatic N) is 1. The van der Waals surface area contributed by atoms with Crippen LogP contribution in [0.25, 0.3) is 6.08 Å². The average molecular weight is 1210 g/mol. The maximum absolute atomic E-state index is 15.7. The second-order valence-corrected chi connectivity index (χ2v) is 31.5. The zero-order valence-electron chi connectivity index (χ0n) is 55.8. The van der Waals surface area contributed by atoms with Gasteiger partial charge in [0.25, 0.3) is 0 Å². The van der Waals surface area contributed by atoms with E-state index in [-0.39, 0.29) is 116 Å². The first kappa shape index (κ1) is 72.7. The number of ether oxygens (including phenoxy) is 6. The molecule has 2 aliphatic carbocycles. The minimum absolute atomic E-state index is 0.0156. The molecule has 4 N–H and O–H groups in total. The van der Waals surface area contributed by atoms with E-state index in [1.54, 1.807) is 47.8 Å². The number of carbonyl (C=O) groups is 6. The molecule has 0 radical (unpaired) electrons. The summed E-state index contributed by atoms with van der Waals surface area (Å²) in [5.41, 5.74) is 0.266. The summed E-state index contributed by atoms with van der Waals surface area (Å²) >= 11 is 1.29. The summed E-state index contributed by atoms with van der Waals surface area (Å²) in [5, 5.41) is 14.8. The largest absolute Gasteiger partial charge is 0.480 e. The Labute approximate surface area is 513 Å². The van der Waals surface area contributed by atoms with Crippen molar-refractivity contribution in [3.05, 3.63) is 45.8 Å². The number of H-pyrrole nitrogens is 1. The molecule has 3 aliphatic rings. The number of thioether (sulfide) groups is 1. The Hall–Kier alpha value is -4.78. The molecule has 85 heavy (non-hydrogen) atoms. The first-order valence-electron chi connectivity index (χ1n) is 30.8. The number of carboxylic acid groups (broad SMARTS) is 1. The lowest BCUT2D eigenvalue weighted by Crippen LogP contribution is -2.51. The standard InChI is InChI=1S/C67H108N4O13S/c1-37(2)50-47(33-48-51(38(3)4)53(57(69-48)71-62(78)67(20,21)22)61(77)84-55-45(65(14,15)16)31-42(35-81-36-49(72)73)32-46(55)66(17,18)19)68-56(70-58(74)40(7)85-28-27-82-59(75)39(5)6)52(50)60(76)83-54-43(63(8,9)10)29-41(30-44(54)64(11,12)13)34-80-26-24-25-79-23/h33,37-38,40-46,54-55,68H,5,24-32,34-36H2,1-4,6-23H3,(H,70,74)(H,72,73)(H,69,71,78). The van der Waals surface area contributed by atoms with E-state index in [1.807, 2.05) is 27.7 Å². The number of aliphatic imine (C=N–C) groups is 1. The fourth-order valence-corrected chi connectivity index (χ4v) is 12.9. The quantitative estimate of drug-likeness (QED) is 0.0327. The highest BCUT2D eigenvalue weighted by Gasteiger charge is 2.52. The highest BCUT2D eigenvalue weighted by Crippen LogP contribution is 2.52. The zero-order chi connectivity index (χ0) is 64.5. The number of anilines is 1. The van der Waals surface area contributed by atoms with Gasteiger partial charge in [0.1, 0.15) is 48.2 Å². The second kappa shape index (κ2) is 29.9. The van der Waals surface area contributed by atoms with Gasteiger partial charge in [-0.1, -0.05) is 138 Å². The van der Waals surface area contributed by atoms with Gasteiger partial charge >= 0.3 is 23.9 Å². The number of aromatic nitrogens is 1. The molecule has 480 valence electrons. The molecule has 0 spiro atoms. The summed E-state index contributed by atoms with van der Waals surface area (Å²) in [6.45, 7) is 47.7. The topological polar surface area (TPSA) is 230 Å². The number of aliphatic carboxylic acids is 1. The molecule has 5 atom stereocenters. The summed E-state index contributed by atoms with van der Waals surface area (Å²) in [4.78, 5) is 91.8. The molecule has 0 bridgehead atoms. The zero-order valence-corrected chi connectivity index (χ0v) is 56.6. The monoisotopic (exact) mass is 1210 g/mol. The molecule has 1 aliphatic heterocycles. The Morgan fingerprint density at radius 1 is 0.706 bits per heavy atom. The summed E-state index contributed by atoms with van der Waals surface area (Å²) < 4.78 is 36.4. The third-order valence-corrected chi connectivity index (χ3v) is 18.0. The van der Waals surface area contributed by atoms with Crippen molar-refractivity contribution in [2.75, 3.05) is 57.8 Å². The number of esters is 3. The number of aromatic amines is 1. The van der Waals surface area contributed by atoms with Gasteiger partial charge in [0.15, 0.2) is 0 Å². The van der Waals surface area contributed by atoms with Crippen molar-refractivity contribution >= 4 is 65.2 Å². The molecular formula is C67H108N4O13S. The number of nitrogens with one attached hydrogen (secondary N) is 3. The van der Waals surface area contributed by atoms with Crippen LogP contribution in [0, 0.1) is 68.5 Å². The summed E-state index contributed by atoms with van der Waals surface area (Å²) in [7, 11) is 1.68. The lowest BCUT2D eigenvalue weighted by molar-refractivity contribution is -0.167. The summed E-state index contributed by atoms with van der Waals surface area (Å²) in [5.74, 6) is -3.97. The maximum Gasteiger partial charge on any atom is 0.342 e. The van der Waals surface area contributed by atoms with Gasteiger partial charge in [-0.3, -0.25) is 9.59 Å². The number of allylic oxidation sites excluding steroid dienone is 1.